The van der Waals surface area contributed by atoms with Crippen LogP contribution in [0.25, 0.3) is 0 Å². The van der Waals surface area contributed by atoms with Gasteiger partial charge >= 0.3 is 12.1 Å². The maximum absolute atomic E-state index is 12.9. The summed E-state index contributed by atoms with van der Waals surface area (Å²) in [7, 11) is 0. The number of carbonyl (C=O) groups is 4. The Morgan fingerprint density at radius 2 is 0.944 bits per heavy atom. The third kappa shape index (κ3) is 8.09. The Balaban J connectivity index is 1.38. The molecule has 0 spiro atoms. The molecular weight excluding hydrogens is 474 g/mol. The fourth-order valence-corrected chi connectivity index (χ4v) is 2.88. The number of halogens is 2. The number of hydrazine groups is 2. The lowest BCUT2D eigenvalue weighted by molar-refractivity contribution is 0.0929. The molecule has 0 aliphatic heterocycles. The zero-order chi connectivity index (χ0) is 25.9. The van der Waals surface area contributed by atoms with E-state index in [0.29, 0.717) is 0 Å². The molecule has 0 saturated carbocycles. The highest BCUT2D eigenvalue weighted by atomic mass is 19.1. The highest BCUT2D eigenvalue weighted by molar-refractivity contribution is 5.95. The summed E-state index contributed by atoms with van der Waals surface area (Å²) in [4.78, 5) is 47.7. The minimum Gasteiger partial charge on any atom is -0.333 e. The van der Waals surface area contributed by atoms with E-state index in [0.717, 1.165) is 35.4 Å². The van der Waals surface area contributed by atoms with Crippen LogP contribution in [0, 0.1) is 11.6 Å². The molecule has 0 aromatic heterocycles. The molecule has 0 aliphatic rings. The van der Waals surface area contributed by atoms with E-state index >= 15 is 0 Å². The topological polar surface area (TPSA) is 140 Å². The summed E-state index contributed by atoms with van der Waals surface area (Å²) in [6.45, 7) is 0.262. The number of urea groups is 2. The second-order valence-corrected chi connectivity index (χ2v) is 7.36. The Morgan fingerprint density at radius 1 is 0.556 bits per heavy atom. The number of amides is 6. The predicted molar refractivity (Wildman–Crippen MR) is 125 cm³/mol. The molecule has 0 atom stereocenters. The average Bonchev–Trinajstić information content (AvgIpc) is 2.89. The summed E-state index contributed by atoms with van der Waals surface area (Å²) in [5.41, 5.74) is 10.6. The van der Waals surface area contributed by atoms with Crippen molar-refractivity contribution < 1.29 is 28.0 Å². The average molecular weight is 496 g/mol. The van der Waals surface area contributed by atoms with Crippen molar-refractivity contribution in [1.82, 2.24) is 32.3 Å². The molecule has 0 saturated heterocycles. The van der Waals surface area contributed by atoms with Crippen molar-refractivity contribution in [3.63, 3.8) is 0 Å². The van der Waals surface area contributed by atoms with Gasteiger partial charge < -0.3 is 10.6 Å². The van der Waals surface area contributed by atoms with Crippen molar-refractivity contribution in [2.45, 2.75) is 13.1 Å². The van der Waals surface area contributed by atoms with Crippen molar-refractivity contribution in [2.75, 3.05) is 0 Å². The number of nitrogens with one attached hydrogen (secondary N) is 6. The van der Waals surface area contributed by atoms with Crippen LogP contribution in [0.2, 0.25) is 0 Å². The molecule has 186 valence electrons. The Kier molecular flexibility index (Phi) is 8.87. The highest BCUT2D eigenvalue weighted by Crippen LogP contribution is 2.06. The fourth-order valence-electron chi connectivity index (χ4n) is 2.88. The molecule has 6 N–H and O–H groups in total. The number of benzene rings is 3. The van der Waals surface area contributed by atoms with Crippen molar-refractivity contribution in [2.24, 2.45) is 0 Å². The minimum atomic E-state index is -0.662. The second kappa shape index (κ2) is 12.5. The maximum Gasteiger partial charge on any atom is 0.333 e. The lowest BCUT2D eigenvalue weighted by Gasteiger charge is -2.11. The minimum absolute atomic E-state index is 0.131. The third-order valence-electron chi connectivity index (χ3n) is 4.69. The van der Waals surface area contributed by atoms with Gasteiger partial charge in [-0.15, -0.1) is 0 Å². The normalized spacial score (nSPS) is 10.1. The first-order valence-electron chi connectivity index (χ1n) is 10.6. The SMILES string of the molecule is O=C(NCc1cccc(CNC(=O)NNC(=O)c2ccc(F)cc2)c1)NNC(=O)c1ccc(F)cc1. The van der Waals surface area contributed by atoms with E-state index in [4.69, 9.17) is 0 Å². The lowest BCUT2D eigenvalue weighted by atomic mass is 10.1. The fraction of sp³-hybridized carbons (Fsp3) is 0.0833. The molecule has 3 rings (SSSR count). The van der Waals surface area contributed by atoms with E-state index in [1.807, 2.05) is 0 Å². The Hall–Kier alpha value is -5.00. The van der Waals surface area contributed by atoms with Crippen LogP contribution < -0.4 is 32.3 Å². The molecule has 0 aliphatic carbocycles. The van der Waals surface area contributed by atoms with E-state index in [1.54, 1.807) is 24.3 Å². The summed E-state index contributed by atoms with van der Waals surface area (Å²) in [6.07, 6.45) is 0. The number of hydrogen-bond acceptors (Lipinski definition) is 4. The smallest absolute Gasteiger partial charge is 0.333 e. The largest absolute Gasteiger partial charge is 0.333 e. The van der Waals surface area contributed by atoms with Crippen LogP contribution in [0.5, 0.6) is 0 Å². The molecular formula is C24H22F2N6O4. The highest BCUT2D eigenvalue weighted by Gasteiger charge is 2.09. The third-order valence-corrected chi connectivity index (χ3v) is 4.69. The van der Waals surface area contributed by atoms with Gasteiger partial charge in [-0.3, -0.25) is 20.4 Å². The molecule has 0 heterocycles. The van der Waals surface area contributed by atoms with Crippen LogP contribution in [0.15, 0.2) is 72.8 Å². The molecule has 36 heavy (non-hydrogen) atoms. The van der Waals surface area contributed by atoms with Crippen LogP contribution in [0.4, 0.5) is 18.4 Å². The van der Waals surface area contributed by atoms with Gasteiger partial charge in [0.15, 0.2) is 0 Å². The van der Waals surface area contributed by atoms with Crippen molar-refractivity contribution in [1.29, 1.82) is 0 Å². The van der Waals surface area contributed by atoms with Crippen molar-refractivity contribution in [3.8, 4) is 0 Å². The summed E-state index contributed by atoms with van der Waals surface area (Å²) in [5, 5.41) is 5.13. The van der Waals surface area contributed by atoms with Gasteiger partial charge in [0.1, 0.15) is 11.6 Å². The van der Waals surface area contributed by atoms with Crippen molar-refractivity contribution in [3.05, 3.63) is 107 Å². The van der Waals surface area contributed by atoms with E-state index in [9.17, 15) is 28.0 Å². The summed E-state index contributed by atoms with van der Waals surface area (Å²) < 4.78 is 25.8. The first kappa shape index (κ1) is 25.6. The van der Waals surface area contributed by atoms with Crippen LogP contribution >= 0.6 is 0 Å². The van der Waals surface area contributed by atoms with Gasteiger partial charge in [0.2, 0.25) is 0 Å². The molecule has 0 radical (unpaired) electrons. The standard InChI is InChI=1S/C24H22F2N6O4/c25-19-8-4-17(5-9-19)21(33)29-31-23(35)27-13-15-2-1-3-16(12-15)14-28-24(36)32-30-22(34)18-6-10-20(26)11-7-18/h1-12H,13-14H2,(H,29,33)(H,30,34)(H2,27,31,35)(H2,28,32,36). The Bertz CT molecular complexity index is 1140. The van der Waals surface area contributed by atoms with Crippen LogP contribution in [0.1, 0.15) is 31.8 Å². The molecule has 0 bridgehead atoms. The number of hydrogen-bond donors (Lipinski definition) is 6. The molecule has 6 amide bonds. The van der Waals surface area contributed by atoms with Gasteiger partial charge in [-0.1, -0.05) is 24.3 Å². The lowest BCUT2D eigenvalue weighted by Crippen LogP contribution is -2.46. The zero-order valence-corrected chi connectivity index (χ0v) is 18.7. The molecule has 10 nitrogen and oxygen atoms in total. The molecule has 0 unspecified atom stereocenters. The quantitative estimate of drug-likeness (QED) is 0.291. The number of rotatable bonds is 6. The summed E-state index contributed by atoms with van der Waals surface area (Å²) >= 11 is 0. The van der Waals surface area contributed by atoms with Gasteiger partial charge in [-0.05, 0) is 59.7 Å². The summed E-state index contributed by atoms with van der Waals surface area (Å²) in [5.74, 6) is -2.18. The number of carbonyl (C=O) groups excluding carboxylic acids is 4. The van der Waals surface area contributed by atoms with E-state index in [2.05, 4.69) is 32.3 Å². The van der Waals surface area contributed by atoms with Crippen LogP contribution in [-0.2, 0) is 13.1 Å². The van der Waals surface area contributed by atoms with Gasteiger partial charge in [0, 0.05) is 24.2 Å². The van der Waals surface area contributed by atoms with E-state index < -0.39 is 35.5 Å². The van der Waals surface area contributed by atoms with Crippen LogP contribution in [-0.4, -0.2) is 23.9 Å². The predicted octanol–water partition coefficient (Wildman–Crippen LogP) is 2.25. The van der Waals surface area contributed by atoms with Crippen molar-refractivity contribution >= 4 is 23.9 Å². The first-order chi connectivity index (χ1) is 17.3. The van der Waals surface area contributed by atoms with E-state index in [-0.39, 0.29) is 24.2 Å². The Morgan fingerprint density at radius 3 is 1.33 bits per heavy atom. The second-order valence-electron chi connectivity index (χ2n) is 7.36. The Labute approximate surface area is 204 Å². The van der Waals surface area contributed by atoms with Gasteiger partial charge in [-0.25, -0.2) is 29.2 Å². The molecule has 3 aromatic rings. The monoisotopic (exact) mass is 496 g/mol. The van der Waals surface area contributed by atoms with Crippen LogP contribution in [0.3, 0.4) is 0 Å². The van der Waals surface area contributed by atoms with Gasteiger partial charge in [0.05, 0.1) is 0 Å². The molecule has 12 heteroatoms. The molecule has 3 aromatic carbocycles. The van der Waals surface area contributed by atoms with Gasteiger partial charge in [-0.2, -0.15) is 0 Å². The molecule has 0 fully saturated rings. The van der Waals surface area contributed by atoms with E-state index in [1.165, 1.54) is 24.3 Å². The zero-order valence-electron chi connectivity index (χ0n) is 18.7. The first-order valence-corrected chi connectivity index (χ1v) is 10.6. The maximum atomic E-state index is 12.9. The summed E-state index contributed by atoms with van der Waals surface area (Å²) in [6, 6.07) is 15.3. The van der Waals surface area contributed by atoms with Gasteiger partial charge in [0.25, 0.3) is 11.8 Å².